The number of pyridine rings is 1. The van der Waals surface area contributed by atoms with Gasteiger partial charge in [-0.3, -0.25) is 0 Å². The van der Waals surface area contributed by atoms with Crippen LogP contribution in [0.2, 0.25) is 5.15 Å². The molecule has 0 atom stereocenters. The molecule has 1 N–H and O–H groups in total. The van der Waals surface area contributed by atoms with Gasteiger partial charge in [-0.1, -0.05) is 25.4 Å². The molecular weight excluding hydrogens is 383 g/mol. The summed E-state index contributed by atoms with van der Waals surface area (Å²) in [6.45, 7) is 6.68. The van der Waals surface area contributed by atoms with Crippen molar-refractivity contribution in [1.29, 1.82) is 0 Å². The fourth-order valence-electron chi connectivity index (χ4n) is 2.42. The first kappa shape index (κ1) is 21.1. The highest BCUT2D eigenvalue weighted by atomic mass is 35.5. The Bertz CT molecular complexity index is 721. The minimum atomic E-state index is -4.71. The van der Waals surface area contributed by atoms with Crippen LogP contribution < -0.4 is 15.0 Å². The fraction of sp³-hybridized carbons (Fsp3) is 0.389. The number of hydrogen-bond acceptors (Lipinski definition) is 5. The summed E-state index contributed by atoms with van der Waals surface area (Å²) in [7, 11) is 0. The van der Waals surface area contributed by atoms with E-state index in [-0.39, 0.29) is 5.75 Å². The van der Waals surface area contributed by atoms with Crippen LogP contribution in [-0.2, 0) is 4.74 Å². The van der Waals surface area contributed by atoms with E-state index in [1.807, 2.05) is 19.9 Å². The van der Waals surface area contributed by atoms with Crippen molar-refractivity contribution >= 4 is 28.8 Å². The van der Waals surface area contributed by atoms with E-state index in [1.165, 1.54) is 24.3 Å². The number of nitrogens with zero attached hydrogens (tertiary/aromatic N) is 2. The zero-order chi connectivity index (χ0) is 19.9. The predicted molar refractivity (Wildman–Crippen MR) is 100 cm³/mol. The van der Waals surface area contributed by atoms with Crippen molar-refractivity contribution in [3.05, 3.63) is 41.6 Å². The van der Waals surface area contributed by atoms with Gasteiger partial charge in [0.1, 0.15) is 16.7 Å². The summed E-state index contributed by atoms with van der Waals surface area (Å²) in [4.78, 5) is 6.36. The van der Waals surface area contributed by atoms with E-state index in [4.69, 9.17) is 16.3 Å². The van der Waals surface area contributed by atoms with Crippen molar-refractivity contribution in [2.75, 3.05) is 36.5 Å². The third-order valence-corrected chi connectivity index (χ3v) is 3.69. The van der Waals surface area contributed by atoms with Crippen LogP contribution in [0.15, 0.2) is 36.4 Å². The van der Waals surface area contributed by atoms with E-state index >= 15 is 0 Å². The summed E-state index contributed by atoms with van der Waals surface area (Å²) in [6.07, 6.45) is -4.71. The second-order valence-electron chi connectivity index (χ2n) is 5.33. The minimum absolute atomic E-state index is 0.278. The second kappa shape index (κ2) is 9.66. The molecule has 3 rings (SSSR count). The Hall–Kier alpha value is -2.19. The number of morpholine rings is 1. The number of halogens is 4. The number of benzene rings is 1. The maximum Gasteiger partial charge on any atom is 0.573 e. The van der Waals surface area contributed by atoms with Gasteiger partial charge >= 0.3 is 6.36 Å². The van der Waals surface area contributed by atoms with Crippen molar-refractivity contribution < 1.29 is 22.6 Å². The lowest BCUT2D eigenvalue weighted by Crippen LogP contribution is -2.36. The standard InChI is InChI=1S/C16H15ClF3N3O2.C2H6/c17-14-9-12(10-15(22-14)23-5-7-24-8-6-23)21-11-1-3-13(4-2-11)25-16(18,19)20;1-2/h1-4,9-10H,5-8H2,(H,21,22);1-2H3. The molecule has 1 aliphatic heterocycles. The average Bonchev–Trinajstić information content (AvgIpc) is 2.64. The van der Waals surface area contributed by atoms with Crippen LogP contribution in [0.5, 0.6) is 5.75 Å². The zero-order valence-corrected chi connectivity index (χ0v) is 15.8. The zero-order valence-electron chi connectivity index (χ0n) is 15.0. The molecule has 0 unspecified atom stereocenters. The Labute approximate surface area is 161 Å². The Morgan fingerprint density at radius 3 is 2.30 bits per heavy atom. The van der Waals surface area contributed by atoms with Crippen LogP contribution in [-0.4, -0.2) is 37.6 Å². The smallest absolute Gasteiger partial charge is 0.406 e. The molecule has 0 saturated carbocycles. The molecule has 2 heterocycles. The normalized spacial score (nSPS) is 14.2. The number of ether oxygens (including phenoxy) is 2. The summed E-state index contributed by atoms with van der Waals surface area (Å²) < 4.78 is 45.7. The molecule has 1 aromatic carbocycles. The van der Waals surface area contributed by atoms with Gasteiger partial charge in [-0.2, -0.15) is 0 Å². The van der Waals surface area contributed by atoms with Crippen molar-refractivity contribution in [2.45, 2.75) is 20.2 Å². The van der Waals surface area contributed by atoms with E-state index in [9.17, 15) is 13.2 Å². The molecule has 1 fully saturated rings. The highest BCUT2D eigenvalue weighted by molar-refractivity contribution is 6.29. The number of hydrogen-bond donors (Lipinski definition) is 1. The maximum absolute atomic E-state index is 12.2. The molecule has 0 bridgehead atoms. The predicted octanol–water partition coefficient (Wildman–Crippen LogP) is 5.24. The summed E-state index contributed by atoms with van der Waals surface area (Å²) in [5.74, 6) is 0.440. The van der Waals surface area contributed by atoms with Gasteiger partial charge in [-0.15, -0.1) is 13.2 Å². The molecule has 1 aromatic heterocycles. The van der Waals surface area contributed by atoms with Crippen LogP contribution in [0.1, 0.15) is 13.8 Å². The molecule has 148 valence electrons. The van der Waals surface area contributed by atoms with E-state index in [0.29, 0.717) is 29.7 Å². The molecule has 1 aliphatic rings. The number of nitrogens with one attached hydrogen (secondary N) is 1. The number of alkyl halides is 3. The van der Waals surface area contributed by atoms with Crippen molar-refractivity contribution in [3.8, 4) is 5.75 Å². The number of anilines is 3. The molecule has 9 heteroatoms. The van der Waals surface area contributed by atoms with Gasteiger partial charge in [0.25, 0.3) is 0 Å². The first-order chi connectivity index (χ1) is 12.9. The van der Waals surface area contributed by atoms with Gasteiger partial charge < -0.3 is 19.7 Å². The first-order valence-corrected chi connectivity index (χ1v) is 8.90. The number of aromatic nitrogens is 1. The Morgan fingerprint density at radius 2 is 1.70 bits per heavy atom. The quantitative estimate of drug-likeness (QED) is 0.707. The molecule has 1 saturated heterocycles. The van der Waals surface area contributed by atoms with Crippen LogP contribution in [0.25, 0.3) is 0 Å². The molecule has 0 radical (unpaired) electrons. The van der Waals surface area contributed by atoms with Gasteiger partial charge in [0, 0.05) is 30.5 Å². The SMILES string of the molecule is CC.FC(F)(F)Oc1ccc(Nc2cc(Cl)nc(N3CCOCC3)c2)cc1. The van der Waals surface area contributed by atoms with Crippen LogP contribution in [0.4, 0.5) is 30.4 Å². The molecule has 2 aromatic rings. The Balaban J connectivity index is 0.00000126. The highest BCUT2D eigenvalue weighted by Gasteiger charge is 2.30. The summed E-state index contributed by atoms with van der Waals surface area (Å²) in [6, 6.07) is 8.93. The Morgan fingerprint density at radius 1 is 1.07 bits per heavy atom. The van der Waals surface area contributed by atoms with Crippen LogP contribution in [0, 0.1) is 0 Å². The molecule has 0 spiro atoms. The first-order valence-electron chi connectivity index (χ1n) is 8.52. The monoisotopic (exact) mass is 403 g/mol. The second-order valence-corrected chi connectivity index (χ2v) is 5.72. The van der Waals surface area contributed by atoms with Crippen molar-refractivity contribution in [2.24, 2.45) is 0 Å². The molecule has 0 amide bonds. The van der Waals surface area contributed by atoms with Crippen molar-refractivity contribution in [3.63, 3.8) is 0 Å². The van der Waals surface area contributed by atoms with Gasteiger partial charge in [-0.05, 0) is 30.3 Å². The van der Waals surface area contributed by atoms with Crippen LogP contribution >= 0.6 is 11.6 Å². The third kappa shape index (κ3) is 6.80. The van der Waals surface area contributed by atoms with E-state index in [1.54, 1.807) is 6.07 Å². The molecule has 5 nitrogen and oxygen atoms in total. The van der Waals surface area contributed by atoms with Gasteiger partial charge in [-0.25, -0.2) is 4.98 Å². The van der Waals surface area contributed by atoms with Crippen molar-refractivity contribution in [1.82, 2.24) is 4.98 Å². The molecular formula is C18H21ClF3N3O2. The summed E-state index contributed by atoms with van der Waals surface area (Å²) in [5.41, 5.74) is 1.29. The van der Waals surface area contributed by atoms with Gasteiger partial charge in [0.05, 0.1) is 13.2 Å². The van der Waals surface area contributed by atoms with E-state index < -0.39 is 6.36 Å². The maximum atomic E-state index is 12.2. The summed E-state index contributed by atoms with van der Waals surface area (Å²) >= 11 is 6.08. The van der Waals surface area contributed by atoms with E-state index in [2.05, 4.69) is 19.9 Å². The lowest BCUT2D eigenvalue weighted by Gasteiger charge is -2.28. The largest absolute Gasteiger partial charge is 0.573 e. The lowest BCUT2D eigenvalue weighted by atomic mass is 10.2. The number of rotatable bonds is 4. The lowest BCUT2D eigenvalue weighted by molar-refractivity contribution is -0.274. The topological polar surface area (TPSA) is 46.6 Å². The minimum Gasteiger partial charge on any atom is -0.406 e. The van der Waals surface area contributed by atoms with Gasteiger partial charge in [0.15, 0.2) is 0 Å². The average molecular weight is 404 g/mol. The summed E-state index contributed by atoms with van der Waals surface area (Å²) in [5, 5.41) is 3.42. The third-order valence-electron chi connectivity index (χ3n) is 3.49. The van der Waals surface area contributed by atoms with Gasteiger partial charge in [0.2, 0.25) is 0 Å². The Kier molecular flexibility index (Phi) is 7.55. The molecule has 27 heavy (non-hydrogen) atoms. The molecule has 0 aliphatic carbocycles. The fourth-order valence-corrected chi connectivity index (χ4v) is 2.62. The highest BCUT2D eigenvalue weighted by Crippen LogP contribution is 2.28. The van der Waals surface area contributed by atoms with E-state index in [0.717, 1.165) is 18.9 Å². The van der Waals surface area contributed by atoms with Crippen LogP contribution in [0.3, 0.4) is 0 Å².